The lowest BCUT2D eigenvalue weighted by atomic mass is 10.2. The second-order valence-electron chi connectivity index (χ2n) is 4.89. The van der Waals surface area contributed by atoms with Gasteiger partial charge in [0.2, 0.25) is 5.95 Å². The number of imidazole rings is 1. The molecule has 0 saturated carbocycles. The maximum absolute atomic E-state index is 11.9. The first-order valence-electron chi connectivity index (χ1n) is 7.00. The van der Waals surface area contributed by atoms with Crippen molar-refractivity contribution in [1.82, 2.24) is 19.5 Å². The number of ether oxygens (including phenoxy) is 1. The van der Waals surface area contributed by atoms with Crippen LogP contribution in [0.1, 0.15) is 5.56 Å². The maximum atomic E-state index is 11.9. The highest BCUT2D eigenvalue weighted by Crippen LogP contribution is 2.11. The first kappa shape index (κ1) is 14.7. The van der Waals surface area contributed by atoms with Crippen molar-refractivity contribution in [2.24, 2.45) is 0 Å². The highest BCUT2D eigenvalue weighted by molar-refractivity contribution is 5.91. The van der Waals surface area contributed by atoms with Gasteiger partial charge in [-0.3, -0.25) is 9.36 Å². The Morgan fingerprint density at radius 1 is 1.22 bits per heavy atom. The third kappa shape index (κ3) is 3.91. The van der Waals surface area contributed by atoms with Crippen molar-refractivity contribution in [3.05, 3.63) is 60.9 Å². The zero-order chi connectivity index (χ0) is 16.1. The van der Waals surface area contributed by atoms with Crippen LogP contribution in [0.2, 0.25) is 0 Å². The average Bonchev–Trinajstić information content (AvgIpc) is 3.09. The van der Waals surface area contributed by atoms with Crippen molar-refractivity contribution >= 4 is 11.6 Å². The Balaban J connectivity index is 1.54. The summed E-state index contributed by atoms with van der Waals surface area (Å²) in [6.45, 7) is 1.91. The largest absolute Gasteiger partial charge is 0.484 e. The monoisotopic (exact) mass is 309 g/mol. The van der Waals surface area contributed by atoms with Gasteiger partial charge < -0.3 is 10.1 Å². The number of amides is 1. The Hall–Kier alpha value is -3.22. The van der Waals surface area contributed by atoms with E-state index in [1.807, 2.05) is 31.2 Å². The number of hydrogen-bond acceptors (Lipinski definition) is 5. The molecule has 0 bridgehead atoms. The second-order valence-corrected chi connectivity index (χ2v) is 4.89. The summed E-state index contributed by atoms with van der Waals surface area (Å²) >= 11 is 0. The summed E-state index contributed by atoms with van der Waals surface area (Å²) < 4.78 is 7.09. The third-order valence-electron chi connectivity index (χ3n) is 3.05. The molecule has 3 rings (SSSR count). The normalized spacial score (nSPS) is 10.3. The molecule has 7 heteroatoms. The SMILES string of the molecule is Cc1ccc(OCC(=O)Nc2cnc(-n3ccnc3)nc2)cc1. The fourth-order valence-corrected chi connectivity index (χ4v) is 1.88. The van der Waals surface area contributed by atoms with E-state index < -0.39 is 0 Å². The van der Waals surface area contributed by atoms with E-state index in [0.717, 1.165) is 5.56 Å². The van der Waals surface area contributed by atoms with Crippen molar-refractivity contribution < 1.29 is 9.53 Å². The van der Waals surface area contributed by atoms with E-state index in [4.69, 9.17) is 4.74 Å². The number of carbonyl (C=O) groups is 1. The number of aryl methyl sites for hydroxylation is 1. The van der Waals surface area contributed by atoms with Crippen molar-refractivity contribution in [2.75, 3.05) is 11.9 Å². The van der Waals surface area contributed by atoms with Crippen LogP contribution < -0.4 is 10.1 Å². The molecule has 1 N–H and O–H groups in total. The number of carbonyl (C=O) groups excluding carboxylic acids is 1. The predicted octanol–water partition coefficient (Wildman–Crippen LogP) is 1.99. The maximum Gasteiger partial charge on any atom is 0.262 e. The van der Waals surface area contributed by atoms with Gasteiger partial charge in [-0.2, -0.15) is 0 Å². The molecule has 1 aromatic carbocycles. The van der Waals surface area contributed by atoms with Crippen LogP contribution in [0.3, 0.4) is 0 Å². The minimum absolute atomic E-state index is 0.0771. The molecular weight excluding hydrogens is 294 g/mol. The Kier molecular flexibility index (Phi) is 4.28. The molecule has 116 valence electrons. The number of aromatic nitrogens is 4. The topological polar surface area (TPSA) is 81.9 Å². The molecule has 0 saturated heterocycles. The van der Waals surface area contributed by atoms with Gasteiger partial charge in [0, 0.05) is 12.4 Å². The summed E-state index contributed by atoms with van der Waals surface area (Å²) in [5.41, 5.74) is 1.64. The van der Waals surface area contributed by atoms with Crippen molar-refractivity contribution in [3.8, 4) is 11.7 Å². The number of anilines is 1. The molecule has 0 fully saturated rings. The lowest BCUT2D eigenvalue weighted by Crippen LogP contribution is -2.20. The van der Waals surface area contributed by atoms with Crippen LogP contribution in [0.15, 0.2) is 55.4 Å². The quantitative estimate of drug-likeness (QED) is 0.779. The summed E-state index contributed by atoms with van der Waals surface area (Å²) in [6, 6.07) is 7.50. The summed E-state index contributed by atoms with van der Waals surface area (Å²) in [7, 11) is 0. The molecule has 0 unspecified atom stereocenters. The molecule has 7 nitrogen and oxygen atoms in total. The van der Waals surface area contributed by atoms with E-state index in [1.165, 1.54) is 12.4 Å². The van der Waals surface area contributed by atoms with Crippen LogP contribution >= 0.6 is 0 Å². The zero-order valence-corrected chi connectivity index (χ0v) is 12.5. The number of benzene rings is 1. The van der Waals surface area contributed by atoms with Gasteiger partial charge in [-0.1, -0.05) is 17.7 Å². The number of nitrogens with one attached hydrogen (secondary N) is 1. The second kappa shape index (κ2) is 6.69. The fourth-order valence-electron chi connectivity index (χ4n) is 1.88. The van der Waals surface area contributed by atoms with E-state index in [0.29, 0.717) is 17.4 Å². The molecular formula is C16H15N5O2. The van der Waals surface area contributed by atoms with Gasteiger partial charge in [-0.05, 0) is 19.1 Å². The van der Waals surface area contributed by atoms with Gasteiger partial charge in [0.15, 0.2) is 6.61 Å². The molecule has 0 spiro atoms. The Morgan fingerprint density at radius 3 is 2.61 bits per heavy atom. The standard InChI is InChI=1S/C16H15N5O2/c1-12-2-4-14(5-3-12)23-10-15(22)20-13-8-18-16(19-9-13)21-7-6-17-11-21/h2-9,11H,10H2,1H3,(H,20,22). The molecule has 0 radical (unpaired) electrons. The van der Waals surface area contributed by atoms with Gasteiger partial charge in [-0.15, -0.1) is 0 Å². The first-order valence-corrected chi connectivity index (χ1v) is 7.00. The summed E-state index contributed by atoms with van der Waals surface area (Å²) in [6.07, 6.45) is 8.05. The van der Waals surface area contributed by atoms with E-state index in [2.05, 4.69) is 20.3 Å². The Bertz CT molecular complexity index is 767. The van der Waals surface area contributed by atoms with Gasteiger partial charge >= 0.3 is 0 Å². The average molecular weight is 309 g/mol. The zero-order valence-electron chi connectivity index (χ0n) is 12.5. The van der Waals surface area contributed by atoms with Gasteiger partial charge in [-0.25, -0.2) is 15.0 Å². The van der Waals surface area contributed by atoms with Gasteiger partial charge in [0.1, 0.15) is 12.1 Å². The highest BCUT2D eigenvalue weighted by Gasteiger charge is 2.05. The van der Waals surface area contributed by atoms with Gasteiger partial charge in [0.25, 0.3) is 5.91 Å². The smallest absolute Gasteiger partial charge is 0.262 e. The van der Waals surface area contributed by atoms with E-state index >= 15 is 0 Å². The van der Waals surface area contributed by atoms with Crippen molar-refractivity contribution in [1.29, 1.82) is 0 Å². The molecule has 0 aliphatic rings. The Labute approximate surface area is 133 Å². The molecule has 0 aliphatic heterocycles. The third-order valence-corrected chi connectivity index (χ3v) is 3.05. The summed E-state index contributed by atoms with van der Waals surface area (Å²) in [4.78, 5) is 24.1. The molecule has 0 aliphatic carbocycles. The van der Waals surface area contributed by atoms with E-state index in [9.17, 15) is 4.79 Å². The van der Waals surface area contributed by atoms with E-state index in [-0.39, 0.29) is 12.5 Å². The number of rotatable bonds is 5. The molecule has 1 amide bonds. The van der Waals surface area contributed by atoms with Crippen LogP contribution in [-0.4, -0.2) is 32.0 Å². The minimum Gasteiger partial charge on any atom is -0.484 e. The highest BCUT2D eigenvalue weighted by atomic mass is 16.5. The molecule has 23 heavy (non-hydrogen) atoms. The minimum atomic E-state index is -0.274. The van der Waals surface area contributed by atoms with Crippen LogP contribution in [0.25, 0.3) is 5.95 Å². The summed E-state index contributed by atoms with van der Waals surface area (Å²) in [5.74, 6) is 0.860. The molecule has 3 aromatic rings. The number of hydrogen-bond donors (Lipinski definition) is 1. The van der Waals surface area contributed by atoms with E-state index in [1.54, 1.807) is 23.3 Å². The molecule has 2 heterocycles. The van der Waals surface area contributed by atoms with Crippen LogP contribution in [0, 0.1) is 6.92 Å². The van der Waals surface area contributed by atoms with Gasteiger partial charge in [0.05, 0.1) is 18.1 Å². The fraction of sp³-hybridized carbons (Fsp3) is 0.125. The van der Waals surface area contributed by atoms with Crippen LogP contribution in [0.4, 0.5) is 5.69 Å². The molecule has 2 aromatic heterocycles. The molecule has 0 atom stereocenters. The Morgan fingerprint density at radius 2 is 1.96 bits per heavy atom. The van der Waals surface area contributed by atoms with Crippen LogP contribution in [-0.2, 0) is 4.79 Å². The first-order chi connectivity index (χ1) is 11.2. The van der Waals surface area contributed by atoms with Crippen LogP contribution in [0.5, 0.6) is 5.75 Å². The lowest BCUT2D eigenvalue weighted by Gasteiger charge is -2.08. The lowest BCUT2D eigenvalue weighted by molar-refractivity contribution is -0.118. The number of nitrogens with zero attached hydrogens (tertiary/aromatic N) is 4. The predicted molar refractivity (Wildman–Crippen MR) is 84.5 cm³/mol. The van der Waals surface area contributed by atoms with Crippen molar-refractivity contribution in [3.63, 3.8) is 0 Å². The summed E-state index contributed by atoms with van der Waals surface area (Å²) in [5, 5.41) is 2.68. The van der Waals surface area contributed by atoms with Crippen molar-refractivity contribution in [2.45, 2.75) is 6.92 Å².